The van der Waals surface area contributed by atoms with Gasteiger partial charge in [0, 0.05) is 18.1 Å². The van der Waals surface area contributed by atoms with Gasteiger partial charge in [0.15, 0.2) is 0 Å². The average molecular weight is 238 g/mol. The fourth-order valence-electron chi connectivity index (χ4n) is 1.52. The van der Waals surface area contributed by atoms with Crippen molar-refractivity contribution in [2.24, 2.45) is 5.73 Å². The van der Waals surface area contributed by atoms with Gasteiger partial charge < -0.3 is 10.8 Å². The number of carboxylic acid groups (broad SMARTS) is 1. The Morgan fingerprint density at radius 2 is 2.00 bits per heavy atom. The molecule has 0 heterocycles. The molecule has 6 nitrogen and oxygen atoms in total. The minimum atomic E-state index is -1.17. The number of carbonyl (C=O) groups is 1. The third kappa shape index (κ3) is 3.01. The molecule has 1 aromatic rings. The Morgan fingerprint density at radius 3 is 2.47 bits per heavy atom. The smallest absolute Gasteiger partial charge is 0.320 e. The first-order valence-electron chi connectivity index (χ1n) is 5.05. The van der Waals surface area contributed by atoms with E-state index in [1.807, 2.05) is 6.92 Å². The van der Waals surface area contributed by atoms with Gasteiger partial charge in [0.2, 0.25) is 0 Å². The zero-order valence-electron chi connectivity index (χ0n) is 9.64. The number of aryl methyl sites for hydroxylation is 2. The molecule has 0 saturated heterocycles. The molecule has 17 heavy (non-hydrogen) atoms. The van der Waals surface area contributed by atoms with Gasteiger partial charge in [-0.2, -0.15) is 0 Å². The van der Waals surface area contributed by atoms with Gasteiger partial charge in [-0.25, -0.2) is 0 Å². The van der Waals surface area contributed by atoms with Crippen molar-refractivity contribution in [3.05, 3.63) is 38.9 Å². The average Bonchev–Trinajstić information content (AvgIpc) is 2.22. The molecule has 0 aliphatic rings. The largest absolute Gasteiger partial charge is 0.480 e. The second kappa shape index (κ2) is 4.92. The van der Waals surface area contributed by atoms with Crippen LogP contribution in [0.1, 0.15) is 16.7 Å². The number of hydrogen-bond acceptors (Lipinski definition) is 4. The lowest BCUT2D eigenvalue weighted by atomic mass is 9.99. The van der Waals surface area contributed by atoms with E-state index in [4.69, 9.17) is 10.8 Å². The van der Waals surface area contributed by atoms with Gasteiger partial charge in [-0.3, -0.25) is 14.9 Å². The zero-order chi connectivity index (χ0) is 13.2. The fourth-order valence-corrected chi connectivity index (χ4v) is 1.52. The molecule has 0 saturated carbocycles. The summed E-state index contributed by atoms with van der Waals surface area (Å²) >= 11 is 0. The highest BCUT2D eigenvalue weighted by molar-refractivity contribution is 5.73. The standard InChI is InChI=1S/C11H14N2O4/c1-6-3-8(5-9(12)11(14)15)10(13(16)17)4-7(6)2/h3-4,9H,5,12H2,1-2H3,(H,14,15). The van der Waals surface area contributed by atoms with Crippen molar-refractivity contribution in [3.8, 4) is 0 Å². The molecule has 0 aliphatic heterocycles. The van der Waals surface area contributed by atoms with E-state index in [9.17, 15) is 14.9 Å². The number of nitro benzene ring substituents is 1. The maximum atomic E-state index is 10.9. The minimum absolute atomic E-state index is 0.0488. The summed E-state index contributed by atoms with van der Waals surface area (Å²) in [4.78, 5) is 21.0. The van der Waals surface area contributed by atoms with Crippen LogP contribution in [-0.4, -0.2) is 22.0 Å². The molecule has 0 aromatic heterocycles. The van der Waals surface area contributed by atoms with Gasteiger partial charge in [0.25, 0.3) is 5.69 Å². The number of aliphatic carboxylic acids is 1. The monoisotopic (exact) mass is 238 g/mol. The van der Waals surface area contributed by atoms with E-state index in [1.54, 1.807) is 13.0 Å². The third-order valence-electron chi connectivity index (χ3n) is 2.65. The first-order chi connectivity index (χ1) is 7.82. The lowest BCUT2D eigenvalue weighted by Crippen LogP contribution is -2.32. The Morgan fingerprint density at radius 1 is 1.47 bits per heavy atom. The van der Waals surface area contributed by atoms with Gasteiger partial charge >= 0.3 is 5.97 Å². The van der Waals surface area contributed by atoms with Crippen LogP contribution >= 0.6 is 0 Å². The fraction of sp³-hybridized carbons (Fsp3) is 0.364. The molecule has 3 N–H and O–H groups in total. The zero-order valence-corrected chi connectivity index (χ0v) is 9.64. The maximum Gasteiger partial charge on any atom is 0.320 e. The number of nitrogens with two attached hydrogens (primary N) is 1. The van der Waals surface area contributed by atoms with Gasteiger partial charge in [0.1, 0.15) is 6.04 Å². The Balaban J connectivity index is 3.17. The van der Waals surface area contributed by atoms with Crippen LogP contribution in [-0.2, 0) is 11.2 Å². The van der Waals surface area contributed by atoms with Crippen LogP contribution in [0.2, 0.25) is 0 Å². The Kier molecular flexibility index (Phi) is 3.80. The Labute approximate surface area is 98.2 Å². The molecule has 0 bridgehead atoms. The van der Waals surface area contributed by atoms with Crippen molar-refractivity contribution in [3.63, 3.8) is 0 Å². The molecule has 1 unspecified atom stereocenters. The molecular weight excluding hydrogens is 224 g/mol. The lowest BCUT2D eigenvalue weighted by Gasteiger charge is -2.09. The van der Waals surface area contributed by atoms with Crippen LogP contribution in [0.25, 0.3) is 0 Å². The number of nitro groups is 1. The number of hydrogen-bond donors (Lipinski definition) is 2. The van der Waals surface area contributed by atoms with Crippen molar-refractivity contribution in [1.82, 2.24) is 0 Å². The summed E-state index contributed by atoms with van der Waals surface area (Å²) in [5.41, 5.74) is 7.33. The van der Waals surface area contributed by atoms with Crippen LogP contribution in [0, 0.1) is 24.0 Å². The Hall–Kier alpha value is -1.95. The highest BCUT2D eigenvalue weighted by Gasteiger charge is 2.20. The van der Waals surface area contributed by atoms with Gasteiger partial charge in [-0.05, 0) is 31.0 Å². The normalized spacial score (nSPS) is 12.2. The highest BCUT2D eigenvalue weighted by atomic mass is 16.6. The molecule has 1 aromatic carbocycles. The van der Waals surface area contributed by atoms with Gasteiger partial charge in [0.05, 0.1) is 4.92 Å². The molecule has 0 radical (unpaired) electrons. The summed E-state index contributed by atoms with van der Waals surface area (Å²) in [6, 6.07) is 1.94. The van der Waals surface area contributed by atoms with Crippen LogP contribution in [0.3, 0.4) is 0 Å². The predicted molar refractivity (Wildman–Crippen MR) is 61.9 cm³/mol. The van der Waals surface area contributed by atoms with E-state index in [1.165, 1.54) is 6.07 Å². The Bertz CT molecular complexity index is 471. The van der Waals surface area contributed by atoms with Crippen LogP contribution in [0.15, 0.2) is 12.1 Å². The van der Waals surface area contributed by atoms with Gasteiger partial charge in [-0.15, -0.1) is 0 Å². The van der Waals surface area contributed by atoms with E-state index in [0.717, 1.165) is 11.1 Å². The molecule has 6 heteroatoms. The van der Waals surface area contributed by atoms with Crippen LogP contribution < -0.4 is 5.73 Å². The summed E-state index contributed by atoms with van der Waals surface area (Å²) in [6.45, 7) is 3.58. The highest BCUT2D eigenvalue weighted by Crippen LogP contribution is 2.24. The number of carboxylic acids is 1. The van der Waals surface area contributed by atoms with E-state index >= 15 is 0 Å². The van der Waals surface area contributed by atoms with Crippen molar-refractivity contribution >= 4 is 11.7 Å². The molecule has 0 aliphatic carbocycles. The van der Waals surface area contributed by atoms with E-state index in [0.29, 0.717) is 5.56 Å². The topological polar surface area (TPSA) is 106 Å². The maximum absolute atomic E-state index is 10.9. The van der Waals surface area contributed by atoms with Crippen molar-refractivity contribution in [2.45, 2.75) is 26.3 Å². The summed E-state index contributed by atoms with van der Waals surface area (Å²) in [6.07, 6.45) is -0.0488. The minimum Gasteiger partial charge on any atom is -0.480 e. The SMILES string of the molecule is Cc1cc(CC(N)C(=O)O)c([N+](=O)[O-])cc1C. The van der Waals surface area contributed by atoms with Crippen LogP contribution in [0.4, 0.5) is 5.69 Å². The number of nitrogens with zero attached hydrogens (tertiary/aromatic N) is 1. The second-order valence-corrected chi connectivity index (χ2v) is 3.97. The molecular formula is C11H14N2O4. The van der Waals surface area contributed by atoms with Crippen molar-refractivity contribution in [2.75, 3.05) is 0 Å². The van der Waals surface area contributed by atoms with Crippen molar-refractivity contribution < 1.29 is 14.8 Å². The first-order valence-corrected chi connectivity index (χ1v) is 5.05. The van der Waals surface area contributed by atoms with Crippen molar-refractivity contribution in [1.29, 1.82) is 0 Å². The molecule has 92 valence electrons. The molecule has 0 amide bonds. The molecule has 0 fully saturated rings. The molecule has 1 rings (SSSR count). The molecule has 0 spiro atoms. The quantitative estimate of drug-likeness (QED) is 0.604. The second-order valence-electron chi connectivity index (χ2n) is 3.97. The summed E-state index contributed by atoms with van der Waals surface area (Å²) in [5, 5.41) is 19.6. The first kappa shape index (κ1) is 13.1. The van der Waals surface area contributed by atoms with E-state index in [-0.39, 0.29) is 12.1 Å². The number of rotatable bonds is 4. The summed E-state index contributed by atoms with van der Waals surface area (Å²) < 4.78 is 0. The third-order valence-corrected chi connectivity index (χ3v) is 2.65. The summed E-state index contributed by atoms with van der Waals surface area (Å²) in [5.74, 6) is -1.17. The van der Waals surface area contributed by atoms with Gasteiger partial charge in [-0.1, -0.05) is 0 Å². The van der Waals surface area contributed by atoms with E-state index < -0.39 is 16.9 Å². The predicted octanol–water partition coefficient (Wildman–Crippen LogP) is 1.17. The van der Waals surface area contributed by atoms with E-state index in [2.05, 4.69) is 0 Å². The van der Waals surface area contributed by atoms with Crippen LogP contribution in [0.5, 0.6) is 0 Å². The summed E-state index contributed by atoms with van der Waals surface area (Å²) in [7, 11) is 0. The number of benzene rings is 1. The lowest BCUT2D eigenvalue weighted by molar-refractivity contribution is -0.385. The molecule has 1 atom stereocenters.